The number of hydrogen-bond acceptors (Lipinski definition) is 4. The van der Waals surface area contributed by atoms with Crippen LogP contribution >= 0.6 is 0 Å². The Morgan fingerprint density at radius 2 is 0.568 bits per heavy atom. The molecule has 0 aromatic heterocycles. The van der Waals surface area contributed by atoms with Gasteiger partial charge in [0.1, 0.15) is 5.82 Å². The predicted octanol–water partition coefficient (Wildman–Crippen LogP) is 20.9. The van der Waals surface area contributed by atoms with Gasteiger partial charge < -0.3 is 21.3 Å². The molecule has 4 N–H and O–H groups in total. The molecule has 14 rings (SSSR count). The van der Waals surface area contributed by atoms with Gasteiger partial charge in [0.2, 0.25) is 0 Å². The summed E-state index contributed by atoms with van der Waals surface area (Å²) in [5.74, 6) is -0.219. The summed E-state index contributed by atoms with van der Waals surface area (Å²) in [4.78, 5) is 0. The van der Waals surface area contributed by atoms with Gasteiger partial charge in [0.25, 0.3) is 0 Å². The van der Waals surface area contributed by atoms with Gasteiger partial charge in [0.15, 0.2) is 0 Å². The van der Waals surface area contributed by atoms with Crippen molar-refractivity contribution in [2.24, 2.45) is 0 Å². The fraction of sp³-hybridized carbons (Fsp3) is 0.0263. The first-order valence-corrected chi connectivity index (χ1v) is 27.4. The van der Waals surface area contributed by atoms with Gasteiger partial charge in [0.05, 0.1) is 5.41 Å². The standard InChI is InChI=1S/C37H25N.C15H15N.C12H10FN.C12H11N/c1-2-10-25(11-3-1)26-18-20-27(21-19-26)38-28-22-23-32-31-14-6-9-17-35(31)37(36(32)24-28)33-15-7-4-12-29(33)30-13-5-8-16-34(30)37;1-2-6-13-9-11-15(12-10-13)16-14-7-4-3-5-8-14;13-10-6-8-12(9-7-10)14-11-4-2-1-3-5-11;1-3-7-11(8-4-1)13-12-9-5-2-6-10-12/h1-24,38H;2-12,16H,1H3;1-9,14H;1-10,13H/b;6-2+;;. The Morgan fingerprint density at radius 1 is 0.272 bits per heavy atom. The average molecular weight is 1050 g/mol. The summed E-state index contributed by atoms with van der Waals surface area (Å²) in [7, 11) is 0. The van der Waals surface area contributed by atoms with Crippen molar-refractivity contribution in [1.82, 2.24) is 0 Å². The Bertz CT molecular complexity index is 3860. The van der Waals surface area contributed by atoms with Gasteiger partial charge in [-0.1, -0.05) is 218 Å². The van der Waals surface area contributed by atoms with Crippen molar-refractivity contribution in [2.75, 3.05) is 21.3 Å². The van der Waals surface area contributed by atoms with Crippen LogP contribution in [0.4, 0.5) is 49.9 Å². The lowest BCUT2D eigenvalue weighted by Gasteiger charge is -2.30. The van der Waals surface area contributed by atoms with Crippen LogP contribution in [0.15, 0.2) is 322 Å². The fourth-order valence-electron chi connectivity index (χ4n) is 10.7. The number of rotatable bonds is 10. The van der Waals surface area contributed by atoms with E-state index in [-0.39, 0.29) is 11.2 Å². The monoisotopic (exact) mass is 1050 g/mol. The number of benzene rings is 12. The quantitative estimate of drug-likeness (QED) is 0.110. The molecule has 0 amide bonds. The van der Waals surface area contributed by atoms with E-state index in [0.29, 0.717) is 0 Å². The largest absolute Gasteiger partial charge is 0.356 e. The van der Waals surface area contributed by atoms with Crippen molar-refractivity contribution in [1.29, 1.82) is 0 Å². The smallest absolute Gasteiger partial charge is 0.123 e. The SMILES string of the molecule is C/C=C/c1ccc(Nc2ccccc2)cc1.Fc1ccc(Nc2ccccc2)cc1.c1ccc(-c2ccc(Nc3ccc4c(c3)C3(c5ccccc5-c5ccccc53)c3ccccc3-4)cc2)cc1.c1ccc(Nc2ccccc2)cc1. The number of para-hydroxylation sites is 4. The Morgan fingerprint density at radius 3 is 0.975 bits per heavy atom. The van der Waals surface area contributed by atoms with Crippen LogP contribution in [0.5, 0.6) is 0 Å². The summed E-state index contributed by atoms with van der Waals surface area (Å²) in [6.07, 6.45) is 4.13. The molecular weight excluding hydrogens is 988 g/mol. The van der Waals surface area contributed by atoms with Crippen molar-refractivity contribution in [3.8, 4) is 33.4 Å². The second-order valence-electron chi connectivity index (χ2n) is 19.7. The molecule has 81 heavy (non-hydrogen) atoms. The highest BCUT2D eigenvalue weighted by Crippen LogP contribution is 2.63. The van der Waals surface area contributed by atoms with E-state index in [0.717, 1.165) is 45.5 Å². The van der Waals surface area contributed by atoms with Crippen LogP contribution in [0.1, 0.15) is 34.7 Å². The van der Waals surface area contributed by atoms with E-state index in [1.807, 2.05) is 122 Å². The molecule has 2 aliphatic rings. The van der Waals surface area contributed by atoms with Crippen LogP contribution in [-0.2, 0) is 5.41 Å². The Balaban J connectivity index is 0.000000132. The third-order valence-electron chi connectivity index (χ3n) is 14.4. The van der Waals surface area contributed by atoms with E-state index in [9.17, 15) is 4.39 Å². The summed E-state index contributed by atoms with van der Waals surface area (Å²) < 4.78 is 12.6. The first-order valence-electron chi connectivity index (χ1n) is 27.4. The third-order valence-corrected chi connectivity index (χ3v) is 14.4. The minimum Gasteiger partial charge on any atom is -0.356 e. The van der Waals surface area contributed by atoms with E-state index in [1.165, 1.54) is 73.3 Å². The number of anilines is 8. The van der Waals surface area contributed by atoms with Gasteiger partial charge in [-0.25, -0.2) is 4.39 Å². The highest BCUT2D eigenvalue weighted by molar-refractivity contribution is 5.95. The summed E-state index contributed by atoms with van der Waals surface area (Å²) in [5, 5.41) is 13.5. The number of hydrogen-bond donors (Lipinski definition) is 4. The zero-order valence-corrected chi connectivity index (χ0v) is 45.1. The molecule has 0 heterocycles. The number of nitrogens with one attached hydrogen (secondary N) is 4. The highest BCUT2D eigenvalue weighted by atomic mass is 19.1. The first-order chi connectivity index (χ1) is 40.0. The second-order valence-corrected chi connectivity index (χ2v) is 19.7. The molecule has 1 spiro atoms. The zero-order chi connectivity index (χ0) is 55.1. The Labute approximate surface area is 475 Å². The molecule has 0 fully saturated rings. The van der Waals surface area contributed by atoms with Crippen molar-refractivity contribution in [2.45, 2.75) is 12.3 Å². The van der Waals surface area contributed by atoms with Crippen LogP contribution in [0.3, 0.4) is 0 Å². The summed E-state index contributed by atoms with van der Waals surface area (Å²) >= 11 is 0. The zero-order valence-electron chi connectivity index (χ0n) is 45.1. The van der Waals surface area contributed by atoms with Crippen molar-refractivity contribution >= 4 is 51.6 Å². The molecule has 0 radical (unpaired) electrons. The topological polar surface area (TPSA) is 48.1 Å². The third kappa shape index (κ3) is 12.3. The minimum absolute atomic E-state index is 0.219. The number of allylic oxidation sites excluding steroid dienone is 1. The maximum Gasteiger partial charge on any atom is 0.123 e. The molecular formula is C76H61FN4. The summed E-state index contributed by atoms with van der Waals surface area (Å²) in [5.41, 5.74) is 22.7. The van der Waals surface area contributed by atoms with Crippen LogP contribution in [0.25, 0.3) is 39.5 Å². The lowest BCUT2D eigenvalue weighted by molar-refractivity contribution is 0.628. The first kappa shape index (κ1) is 52.6. The highest BCUT2D eigenvalue weighted by Gasteiger charge is 2.51. The van der Waals surface area contributed by atoms with Crippen LogP contribution in [0.2, 0.25) is 0 Å². The molecule has 392 valence electrons. The van der Waals surface area contributed by atoms with Gasteiger partial charge in [-0.3, -0.25) is 0 Å². The lowest BCUT2D eigenvalue weighted by atomic mass is 9.70. The van der Waals surface area contributed by atoms with E-state index < -0.39 is 0 Å². The van der Waals surface area contributed by atoms with Gasteiger partial charge in [-0.05, 0) is 177 Å². The van der Waals surface area contributed by atoms with Crippen molar-refractivity contribution < 1.29 is 4.39 Å². The maximum atomic E-state index is 12.6. The average Bonchev–Trinajstić information content (AvgIpc) is 3.27. The number of halogens is 1. The summed E-state index contributed by atoms with van der Waals surface area (Å²) in [6, 6.07) is 108. The molecule has 0 unspecified atom stereocenters. The van der Waals surface area contributed by atoms with Crippen LogP contribution in [-0.4, -0.2) is 0 Å². The van der Waals surface area contributed by atoms with Crippen molar-refractivity contribution in [3.05, 3.63) is 355 Å². The lowest BCUT2D eigenvalue weighted by Crippen LogP contribution is -2.25. The Kier molecular flexibility index (Phi) is 16.4. The summed E-state index contributed by atoms with van der Waals surface area (Å²) in [6.45, 7) is 2.02. The molecule has 5 heteroatoms. The minimum atomic E-state index is -0.312. The molecule has 12 aromatic carbocycles. The van der Waals surface area contributed by atoms with Crippen molar-refractivity contribution in [3.63, 3.8) is 0 Å². The second kappa shape index (κ2) is 25.3. The van der Waals surface area contributed by atoms with Gasteiger partial charge in [0, 0.05) is 45.5 Å². The molecule has 0 saturated heterocycles. The van der Waals surface area contributed by atoms with Gasteiger partial charge >= 0.3 is 0 Å². The van der Waals surface area contributed by atoms with E-state index in [4.69, 9.17) is 0 Å². The molecule has 0 bridgehead atoms. The van der Waals surface area contributed by atoms with E-state index in [1.54, 1.807) is 12.1 Å². The van der Waals surface area contributed by atoms with Gasteiger partial charge in [-0.15, -0.1) is 0 Å². The molecule has 0 saturated carbocycles. The number of fused-ring (bicyclic) bond motifs is 10. The normalized spacial score (nSPS) is 11.6. The molecule has 0 aliphatic heterocycles. The molecule has 0 atom stereocenters. The molecule has 12 aromatic rings. The van der Waals surface area contributed by atoms with E-state index in [2.05, 4.69) is 209 Å². The fourth-order valence-corrected chi connectivity index (χ4v) is 10.7. The molecule has 4 nitrogen and oxygen atoms in total. The van der Waals surface area contributed by atoms with Crippen LogP contribution < -0.4 is 21.3 Å². The van der Waals surface area contributed by atoms with E-state index >= 15 is 0 Å². The van der Waals surface area contributed by atoms with Gasteiger partial charge in [-0.2, -0.15) is 0 Å². The maximum absolute atomic E-state index is 12.6. The Hall–Kier alpha value is -10.5. The molecule has 2 aliphatic carbocycles. The predicted molar refractivity (Wildman–Crippen MR) is 341 cm³/mol. The van der Waals surface area contributed by atoms with Crippen LogP contribution in [0, 0.1) is 5.82 Å².